The minimum absolute atomic E-state index is 0.574. The zero-order valence-corrected chi connectivity index (χ0v) is 12.0. The summed E-state index contributed by atoms with van der Waals surface area (Å²) in [6, 6.07) is 12.6. The van der Waals surface area contributed by atoms with Crippen LogP contribution < -0.4 is 10.5 Å². The topological polar surface area (TPSA) is 35.2 Å². The highest BCUT2D eigenvalue weighted by Gasteiger charge is 2.10. The van der Waals surface area contributed by atoms with Gasteiger partial charge >= 0.3 is 0 Å². The van der Waals surface area contributed by atoms with Gasteiger partial charge in [-0.3, -0.25) is 0 Å². The Labute approximate surface area is 120 Å². The van der Waals surface area contributed by atoms with Crippen molar-refractivity contribution in [1.82, 2.24) is 0 Å². The van der Waals surface area contributed by atoms with Gasteiger partial charge in [0.15, 0.2) is 0 Å². The van der Waals surface area contributed by atoms with E-state index in [1.807, 2.05) is 12.1 Å². The second-order valence-corrected chi connectivity index (χ2v) is 5.53. The van der Waals surface area contributed by atoms with Crippen LogP contribution in [0, 0.1) is 6.92 Å². The molecule has 2 aromatic carbocycles. The lowest BCUT2D eigenvalue weighted by Crippen LogP contribution is -2.02. The normalized spacial score (nSPS) is 13.9. The summed E-state index contributed by atoms with van der Waals surface area (Å²) >= 11 is 0. The summed E-state index contributed by atoms with van der Waals surface area (Å²) in [7, 11) is 0. The third-order valence-electron chi connectivity index (χ3n) is 4.09. The number of fused-ring (bicyclic) bond motifs is 1. The van der Waals surface area contributed by atoms with Crippen LogP contribution in [0.1, 0.15) is 35.1 Å². The van der Waals surface area contributed by atoms with Crippen LogP contribution in [0.5, 0.6) is 11.5 Å². The van der Waals surface area contributed by atoms with Crippen molar-refractivity contribution in [3.05, 3.63) is 58.7 Å². The Morgan fingerprint density at radius 3 is 2.40 bits per heavy atom. The third-order valence-corrected chi connectivity index (χ3v) is 4.09. The van der Waals surface area contributed by atoms with Crippen LogP contribution in [0.2, 0.25) is 0 Å². The first kappa shape index (κ1) is 13.2. The molecule has 0 bridgehead atoms. The minimum atomic E-state index is 0.574. The van der Waals surface area contributed by atoms with Crippen LogP contribution in [0.25, 0.3) is 0 Å². The molecule has 0 heterocycles. The number of benzene rings is 2. The van der Waals surface area contributed by atoms with E-state index in [0.717, 1.165) is 11.5 Å². The molecule has 20 heavy (non-hydrogen) atoms. The van der Waals surface area contributed by atoms with E-state index >= 15 is 0 Å². The van der Waals surface area contributed by atoms with Crippen molar-refractivity contribution in [3.8, 4) is 11.5 Å². The molecule has 0 aromatic heterocycles. The van der Waals surface area contributed by atoms with E-state index < -0.39 is 0 Å². The molecule has 0 radical (unpaired) electrons. The van der Waals surface area contributed by atoms with Gasteiger partial charge in [-0.05, 0) is 79.1 Å². The minimum Gasteiger partial charge on any atom is -0.457 e. The zero-order chi connectivity index (χ0) is 13.9. The first-order valence-electron chi connectivity index (χ1n) is 7.35. The zero-order valence-electron chi connectivity index (χ0n) is 12.0. The fourth-order valence-corrected chi connectivity index (χ4v) is 2.87. The molecule has 0 fully saturated rings. The van der Waals surface area contributed by atoms with Crippen molar-refractivity contribution < 1.29 is 4.74 Å². The molecule has 2 heteroatoms. The maximum Gasteiger partial charge on any atom is 0.127 e. The molecule has 0 saturated heterocycles. The number of hydrogen-bond acceptors (Lipinski definition) is 2. The second-order valence-electron chi connectivity index (χ2n) is 5.53. The van der Waals surface area contributed by atoms with Gasteiger partial charge in [-0.15, -0.1) is 0 Å². The monoisotopic (exact) mass is 267 g/mol. The molecule has 2 aromatic rings. The Morgan fingerprint density at radius 1 is 0.950 bits per heavy atom. The van der Waals surface area contributed by atoms with Gasteiger partial charge in [0.05, 0.1) is 0 Å². The van der Waals surface area contributed by atoms with Gasteiger partial charge in [0.1, 0.15) is 11.5 Å². The summed E-state index contributed by atoms with van der Waals surface area (Å²) < 4.78 is 5.98. The van der Waals surface area contributed by atoms with Gasteiger partial charge in [0.2, 0.25) is 0 Å². The number of ether oxygens (including phenoxy) is 1. The van der Waals surface area contributed by atoms with Crippen LogP contribution in [0.4, 0.5) is 0 Å². The molecule has 0 amide bonds. The first-order valence-corrected chi connectivity index (χ1v) is 7.35. The van der Waals surface area contributed by atoms with Gasteiger partial charge in [-0.1, -0.05) is 12.1 Å². The summed E-state index contributed by atoms with van der Waals surface area (Å²) in [4.78, 5) is 0. The van der Waals surface area contributed by atoms with E-state index in [4.69, 9.17) is 10.5 Å². The van der Waals surface area contributed by atoms with Crippen molar-refractivity contribution in [2.75, 3.05) is 0 Å². The molecule has 104 valence electrons. The molecule has 2 nitrogen and oxygen atoms in total. The van der Waals surface area contributed by atoms with Crippen LogP contribution in [0.3, 0.4) is 0 Å². The molecule has 0 atom stereocenters. The highest BCUT2D eigenvalue weighted by molar-refractivity contribution is 5.41. The number of rotatable bonds is 3. The van der Waals surface area contributed by atoms with E-state index in [1.54, 1.807) is 0 Å². The molecular formula is C18H21NO. The second kappa shape index (κ2) is 5.68. The molecule has 0 unspecified atom stereocenters. The van der Waals surface area contributed by atoms with Crippen molar-refractivity contribution >= 4 is 0 Å². The van der Waals surface area contributed by atoms with E-state index in [9.17, 15) is 0 Å². The van der Waals surface area contributed by atoms with Crippen molar-refractivity contribution in [1.29, 1.82) is 0 Å². The predicted molar refractivity (Wildman–Crippen MR) is 82.2 cm³/mol. The van der Waals surface area contributed by atoms with Gasteiger partial charge in [0, 0.05) is 6.54 Å². The van der Waals surface area contributed by atoms with E-state index in [2.05, 4.69) is 31.2 Å². The maximum atomic E-state index is 5.98. The average molecular weight is 267 g/mol. The van der Waals surface area contributed by atoms with Gasteiger partial charge in [-0.2, -0.15) is 0 Å². The Bertz CT molecular complexity index is 619. The Kier molecular flexibility index (Phi) is 3.75. The Morgan fingerprint density at radius 2 is 1.65 bits per heavy atom. The maximum absolute atomic E-state index is 5.98. The van der Waals surface area contributed by atoms with Gasteiger partial charge in [0.25, 0.3) is 0 Å². The van der Waals surface area contributed by atoms with E-state index in [1.165, 1.54) is 47.9 Å². The average Bonchev–Trinajstić information content (AvgIpc) is 2.47. The molecule has 1 aliphatic carbocycles. The molecule has 0 aliphatic heterocycles. The van der Waals surface area contributed by atoms with Crippen LogP contribution >= 0.6 is 0 Å². The SMILES string of the molecule is Cc1cc(Oc2ccc3c(c2)CCCC3)ccc1CN. The quantitative estimate of drug-likeness (QED) is 0.907. The molecular weight excluding hydrogens is 246 g/mol. The summed E-state index contributed by atoms with van der Waals surface area (Å²) in [5, 5.41) is 0. The molecule has 0 saturated carbocycles. The van der Waals surface area contributed by atoms with Crippen molar-refractivity contribution in [2.45, 2.75) is 39.2 Å². The summed E-state index contributed by atoms with van der Waals surface area (Å²) in [6.45, 7) is 2.65. The van der Waals surface area contributed by atoms with Gasteiger partial charge in [-0.25, -0.2) is 0 Å². The fraction of sp³-hybridized carbons (Fsp3) is 0.333. The van der Waals surface area contributed by atoms with E-state index in [0.29, 0.717) is 6.54 Å². The summed E-state index contributed by atoms with van der Waals surface area (Å²) in [5.74, 6) is 1.82. The Hall–Kier alpha value is -1.80. The lowest BCUT2D eigenvalue weighted by Gasteiger charge is -2.17. The molecule has 2 N–H and O–H groups in total. The largest absolute Gasteiger partial charge is 0.457 e. The summed E-state index contributed by atoms with van der Waals surface area (Å²) in [5.41, 5.74) is 11.0. The number of aryl methyl sites for hydroxylation is 3. The third kappa shape index (κ3) is 2.70. The molecule has 1 aliphatic rings. The van der Waals surface area contributed by atoms with Crippen LogP contribution in [-0.4, -0.2) is 0 Å². The fourth-order valence-electron chi connectivity index (χ4n) is 2.87. The highest BCUT2D eigenvalue weighted by Crippen LogP contribution is 2.29. The summed E-state index contributed by atoms with van der Waals surface area (Å²) in [6.07, 6.45) is 4.99. The Balaban J connectivity index is 1.82. The standard InChI is InChI=1S/C18H21NO/c1-13-10-17(9-7-16(13)12-19)20-18-8-6-14-4-2-3-5-15(14)11-18/h6-11H,2-5,12,19H2,1H3. The number of hydrogen-bond donors (Lipinski definition) is 1. The van der Waals surface area contributed by atoms with Gasteiger partial charge < -0.3 is 10.5 Å². The predicted octanol–water partition coefficient (Wildman–Crippen LogP) is 4.12. The van der Waals surface area contributed by atoms with Crippen LogP contribution in [0.15, 0.2) is 36.4 Å². The smallest absolute Gasteiger partial charge is 0.127 e. The number of nitrogens with two attached hydrogens (primary N) is 1. The highest BCUT2D eigenvalue weighted by atomic mass is 16.5. The molecule has 0 spiro atoms. The molecule has 3 rings (SSSR count). The van der Waals surface area contributed by atoms with Crippen molar-refractivity contribution in [3.63, 3.8) is 0 Å². The first-order chi connectivity index (χ1) is 9.76. The lowest BCUT2D eigenvalue weighted by atomic mass is 9.92. The van der Waals surface area contributed by atoms with Crippen molar-refractivity contribution in [2.24, 2.45) is 5.73 Å². The van der Waals surface area contributed by atoms with E-state index in [-0.39, 0.29) is 0 Å². The van der Waals surface area contributed by atoms with Crippen LogP contribution in [-0.2, 0) is 19.4 Å². The lowest BCUT2D eigenvalue weighted by molar-refractivity contribution is 0.480.